The fourth-order valence-corrected chi connectivity index (χ4v) is 2.46. The third-order valence-corrected chi connectivity index (χ3v) is 3.67. The average Bonchev–Trinajstić information content (AvgIpc) is 2.34. The van der Waals surface area contributed by atoms with Gasteiger partial charge in [0, 0.05) is 16.6 Å². The van der Waals surface area contributed by atoms with E-state index in [0.29, 0.717) is 12.0 Å². The Morgan fingerprint density at radius 1 is 1.56 bits per heavy atom. The molecule has 0 unspecified atom stereocenters. The van der Waals surface area contributed by atoms with E-state index in [4.69, 9.17) is 0 Å². The molecule has 0 spiro atoms. The SMILES string of the molecule is CSCC[C@](C)(O)CNC(=O)c1cccc(Br)c1. The number of rotatable bonds is 6. The molecule has 2 N–H and O–H groups in total. The molecule has 0 heterocycles. The van der Waals surface area contributed by atoms with Crippen LogP contribution in [0, 0.1) is 0 Å². The molecule has 0 radical (unpaired) electrons. The molecule has 0 aromatic heterocycles. The Balaban J connectivity index is 2.50. The van der Waals surface area contributed by atoms with Crippen LogP contribution < -0.4 is 5.32 Å². The standard InChI is InChI=1S/C13H18BrNO2S/c1-13(17,6-7-18-2)9-15-12(16)10-4-3-5-11(14)8-10/h3-5,8,17H,6-7,9H2,1-2H3,(H,15,16)/t13-/m0/s1. The zero-order valence-electron chi connectivity index (χ0n) is 10.6. The van der Waals surface area contributed by atoms with E-state index in [-0.39, 0.29) is 12.5 Å². The number of carbonyl (C=O) groups is 1. The second-order valence-electron chi connectivity index (χ2n) is 4.43. The van der Waals surface area contributed by atoms with E-state index in [1.807, 2.05) is 18.4 Å². The van der Waals surface area contributed by atoms with Crippen LogP contribution in [0.4, 0.5) is 0 Å². The first-order valence-electron chi connectivity index (χ1n) is 5.70. The summed E-state index contributed by atoms with van der Waals surface area (Å²) in [4.78, 5) is 11.9. The lowest BCUT2D eigenvalue weighted by atomic mass is 10.0. The second kappa shape index (κ2) is 7.16. The van der Waals surface area contributed by atoms with Crippen LogP contribution >= 0.6 is 27.7 Å². The summed E-state index contributed by atoms with van der Waals surface area (Å²) in [5.74, 6) is 0.709. The molecule has 0 bridgehead atoms. The highest BCUT2D eigenvalue weighted by atomic mass is 79.9. The van der Waals surface area contributed by atoms with Crippen molar-refractivity contribution in [2.24, 2.45) is 0 Å². The van der Waals surface area contributed by atoms with Gasteiger partial charge in [-0.2, -0.15) is 11.8 Å². The predicted octanol–water partition coefficient (Wildman–Crippen LogP) is 2.68. The Hall–Kier alpha value is -0.520. The maximum atomic E-state index is 11.9. The molecule has 0 aliphatic carbocycles. The van der Waals surface area contributed by atoms with Crippen LogP contribution in [0.15, 0.2) is 28.7 Å². The van der Waals surface area contributed by atoms with Crippen molar-refractivity contribution in [3.63, 3.8) is 0 Å². The number of thioether (sulfide) groups is 1. The molecule has 0 aliphatic heterocycles. The van der Waals surface area contributed by atoms with Gasteiger partial charge >= 0.3 is 0 Å². The van der Waals surface area contributed by atoms with Crippen LogP contribution in [0.2, 0.25) is 0 Å². The molecule has 0 fully saturated rings. The molecule has 0 saturated heterocycles. The number of carbonyl (C=O) groups excluding carboxylic acids is 1. The summed E-state index contributed by atoms with van der Waals surface area (Å²) in [6, 6.07) is 7.18. The summed E-state index contributed by atoms with van der Waals surface area (Å²) in [6.45, 7) is 2.00. The highest BCUT2D eigenvalue weighted by molar-refractivity contribution is 9.10. The predicted molar refractivity (Wildman–Crippen MR) is 80.1 cm³/mol. The number of benzene rings is 1. The summed E-state index contributed by atoms with van der Waals surface area (Å²) in [5.41, 5.74) is -0.268. The number of hydrogen-bond donors (Lipinski definition) is 2. The minimum atomic E-state index is -0.856. The van der Waals surface area contributed by atoms with Crippen LogP contribution in [0.1, 0.15) is 23.7 Å². The third-order valence-electron chi connectivity index (χ3n) is 2.56. The van der Waals surface area contributed by atoms with Crippen molar-refractivity contribution in [3.05, 3.63) is 34.3 Å². The van der Waals surface area contributed by atoms with Gasteiger partial charge < -0.3 is 10.4 Å². The topological polar surface area (TPSA) is 49.3 Å². The second-order valence-corrected chi connectivity index (χ2v) is 6.33. The number of amides is 1. The van der Waals surface area contributed by atoms with Crippen LogP contribution in [0.3, 0.4) is 0 Å². The minimum absolute atomic E-state index is 0.166. The zero-order chi connectivity index (χ0) is 13.6. The number of nitrogens with one attached hydrogen (secondary N) is 1. The van der Waals surface area contributed by atoms with Gasteiger partial charge in [0.2, 0.25) is 0 Å². The molecular weight excluding hydrogens is 314 g/mol. The molecule has 0 saturated carbocycles. The summed E-state index contributed by atoms with van der Waals surface area (Å²) < 4.78 is 0.865. The quantitative estimate of drug-likeness (QED) is 0.842. The van der Waals surface area contributed by atoms with E-state index in [9.17, 15) is 9.90 Å². The maximum Gasteiger partial charge on any atom is 0.251 e. The lowest BCUT2D eigenvalue weighted by molar-refractivity contribution is 0.0528. The van der Waals surface area contributed by atoms with E-state index in [2.05, 4.69) is 21.2 Å². The Morgan fingerprint density at radius 2 is 2.28 bits per heavy atom. The maximum absolute atomic E-state index is 11.9. The van der Waals surface area contributed by atoms with E-state index >= 15 is 0 Å². The van der Waals surface area contributed by atoms with Crippen LogP contribution in [0.25, 0.3) is 0 Å². The van der Waals surface area contributed by atoms with Gasteiger partial charge in [0.25, 0.3) is 5.91 Å². The number of aliphatic hydroxyl groups is 1. The molecular formula is C13H18BrNO2S. The molecule has 1 aromatic carbocycles. The van der Waals surface area contributed by atoms with Crippen molar-refractivity contribution in [1.82, 2.24) is 5.32 Å². The van der Waals surface area contributed by atoms with E-state index < -0.39 is 5.60 Å². The third kappa shape index (κ3) is 5.42. The van der Waals surface area contributed by atoms with E-state index in [1.165, 1.54) is 0 Å². The summed E-state index contributed by atoms with van der Waals surface area (Å²) in [7, 11) is 0. The molecule has 18 heavy (non-hydrogen) atoms. The summed E-state index contributed by atoms with van der Waals surface area (Å²) in [6.07, 6.45) is 2.66. The molecule has 100 valence electrons. The minimum Gasteiger partial charge on any atom is -0.388 e. The molecule has 3 nitrogen and oxygen atoms in total. The van der Waals surface area contributed by atoms with Crippen molar-refractivity contribution in [1.29, 1.82) is 0 Å². The monoisotopic (exact) mass is 331 g/mol. The molecule has 1 aromatic rings. The fraction of sp³-hybridized carbons (Fsp3) is 0.462. The van der Waals surface area contributed by atoms with Crippen molar-refractivity contribution in [2.45, 2.75) is 18.9 Å². The van der Waals surface area contributed by atoms with Crippen molar-refractivity contribution < 1.29 is 9.90 Å². The summed E-state index contributed by atoms with van der Waals surface area (Å²) in [5, 5.41) is 12.8. The van der Waals surface area contributed by atoms with E-state index in [0.717, 1.165) is 10.2 Å². The van der Waals surface area contributed by atoms with Crippen LogP contribution in [-0.2, 0) is 0 Å². The normalized spacial score (nSPS) is 14.0. The van der Waals surface area contributed by atoms with E-state index in [1.54, 1.807) is 30.8 Å². The first kappa shape index (κ1) is 15.5. The van der Waals surface area contributed by atoms with Gasteiger partial charge in [-0.25, -0.2) is 0 Å². The average molecular weight is 332 g/mol. The van der Waals surface area contributed by atoms with Gasteiger partial charge in [-0.3, -0.25) is 4.79 Å². The summed E-state index contributed by atoms with van der Waals surface area (Å²) >= 11 is 5.01. The zero-order valence-corrected chi connectivity index (χ0v) is 13.0. The Morgan fingerprint density at radius 3 is 2.89 bits per heavy atom. The van der Waals surface area contributed by atoms with Crippen molar-refractivity contribution in [2.75, 3.05) is 18.6 Å². The van der Waals surface area contributed by atoms with Gasteiger partial charge in [-0.15, -0.1) is 0 Å². The van der Waals surface area contributed by atoms with Gasteiger partial charge in [0.1, 0.15) is 0 Å². The highest BCUT2D eigenvalue weighted by Crippen LogP contribution is 2.13. The van der Waals surface area contributed by atoms with Gasteiger partial charge in [0.05, 0.1) is 5.60 Å². The Kier molecular flexibility index (Phi) is 6.18. The molecule has 5 heteroatoms. The molecule has 1 rings (SSSR count). The van der Waals surface area contributed by atoms with Gasteiger partial charge in [-0.1, -0.05) is 22.0 Å². The molecule has 0 aliphatic rings. The van der Waals surface area contributed by atoms with Crippen LogP contribution in [-0.4, -0.2) is 35.2 Å². The largest absolute Gasteiger partial charge is 0.388 e. The van der Waals surface area contributed by atoms with Crippen molar-refractivity contribution in [3.8, 4) is 0 Å². The Bertz CT molecular complexity index is 410. The van der Waals surface area contributed by atoms with Crippen LogP contribution in [0.5, 0.6) is 0 Å². The first-order valence-corrected chi connectivity index (χ1v) is 7.88. The lowest BCUT2D eigenvalue weighted by Crippen LogP contribution is -2.41. The smallest absolute Gasteiger partial charge is 0.251 e. The number of hydrogen-bond acceptors (Lipinski definition) is 3. The highest BCUT2D eigenvalue weighted by Gasteiger charge is 2.20. The lowest BCUT2D eigenvalue weighted by Gasteiger charge is -2.23. The van der Waals surface area contributed by atoms with Gasteiger partial charge in [-0.05, 0) is 43.6 Å². The molecule has 1 amide bonds. The van der Waals surface area contributed by atoms with Crippen molar-refractivity contribution >= 4 is 33.6 Å². The van der Waals surface area contributed by atoms with Gasteiger partial charge in [0.15, 0.2) is 0 Å². The first-order chi connectivity index (χ1) is 8.44. The fourth-order valence-electron chi connectivity index (χ4n) is 1.41. The molecule has 1 atom stereocenters. The Labute approximate surface area is 120 Å². The number of halogens is 1.